The largest absolute Gasteiger partial charge is 0.538 e. The third-order valence-corrected chi connectivity index (χ3v) is 1.19. The highest BCUT2D eigenvalue weighted by Crippen LogP contribution is 2.06. The van der Waals surface area contributed by atoms with Gasteiger partial charge in [-0.2, -0.15) is 0 Å². The van der Waals surface area contributed by atoms with Crippen LogP contribution in [0.3, 0.4) is 0 Å². The summed E-state index contributed by atoms with van der Waals surface area (Å²) in [4.78, 5) is 17.9. The van der Waals surface area contributed by atoms with Gasteiger partial charge in [0, 0.05) is 6.42 Å². The van der Waals surface area contributed by atoms with E-state index < -0.39 is 12.0 Å². The molecule has 6 heteroatoms. The molecule has 0 unspecified atom stereocenters. The first-order valence-electron chi connectivity index (χ1n) is 3.64. The number of hydrogen-bond donors (Lipinski definition) is 3. The first kappa shape index (κ1) is 11.2. The molecule has 0 aromatic carbocycles. The number of carboxylic acid groups (broad SMARTS) is 1. The van der Waals surface area contributed by atoms with Gasteiger partial charge in [-0.1, -0.05) is 13.3 Å². The summed E-state index contributed by atoms with van der Waals surface area (Å²) >= 11 is 0. The highest BCUT2D eigenvalue weighted by atomic mass is 17.2. The van der Waals surface area contributed by atoms with Crippen LogP contribution in [0, 0.1) is 0 Å². The molecule has 0 aliphatic rings. The first-order valence-corrected chi connectivity index (χ1v) is 3.64. The molecular weight excluding hydrogens is 164 g/mol. The van der Waals surface area contributed by atoms with Crippen LogP contribution in [0.5, 0.6) is 0 Å². The van der Waals surface area contributed by atoms with Crippen molar-refractivity contribution in [1.82, 2.24) is 0 Å². The summed E-state index contributed by atoms with van der Waals surface area (Å²) in [6.07, 6.45) is 0.422. The standard InChI is InChI=1S/C6H14N2O4/c1-2-3-4-6(7,8)12-11-5(9)10/h2-4,7-8H2,1H3,(H,9,10). The lowest BCUT2D eigenvalue weighted by Crippen LogP contribution is -2.52. The fraction of sp³-hybridized carbons (Fsp3) is 0.833. The van der Waals surface area contributed by atoms with Crippen molar-refractivity contribution >= 4 is 6.16 Å². The maximum absolute atomic E-state index is 9.86. The van der Waals surface area contributed by atoms with E-state index in [0.717, 1.165) is 12.8 Å². The fourth-order valence-electron chi connectivity index (χ4n) is 0.608. The number of hydrogen-bond acceptors (Lipinski definition) is 5. The van der Waals surface area contributed by atoms with Crippen molar-refractivity contribution in [2.45, 2.75) is 32.0 Å². The van der Waals surface area contributed by atoms with Gasteiger partial charge in [0.15, 0.2) is 0 Å². The summed E-state index contributed by atoms with van der Waals surface area (Å²) in [7, 11) is 0. The van der Waals surface area contributed by atoms with E-state index >= 15 is 0 Å². The van der Waals surface area contributed by atoms with Gasteiger partial charge in [0.05, 0.1) is 0 Å². The van der Waals surface area contributed by atoms with Crippen molar-refractivity contribution in [2.75, 3.05) is 0 Å². The third-order valence-electron chi connectivity index (χ3n) is 1.19. The van der Waals surface area contributed by atoms with E-state index in [0.29, 0.717) is 6.42 Å². The lowest BCUT2D eigenvalue weighted by atomic mass is 10.2. The number of nitrogens with two attached hydrogens (primary N) is 2. The molecule has 0 radical (unpaired) electrons. The highest BCUT2D eigenvalue weighted by Gasteiger charge is 2.22. The highest BCUT2D eigenvalue weighted by molar-refractivity contribution is 5.55. The molecule has 0 saturated heterocycles. The Labute approximate surface area is 70.4 Å². The molecule has 0 spiro atoms. The second-order valence-corrected chi connectivity index (χ2v) is 2.49. The summed E-state index contributed by atoms with van der Waals surface area (Å²) in [6, 6.07) is 0. The van der Waals surface area contributed by atoms with Gasteiger partial charge in [0.2, 0.25) is 5.85 Å². The molecule has 0 aliphatic carbocycles. The molecule has 0 aliphatic heterocycles. The van der Waals surface area contributed by atoms with E-state index in [4.69, 9.17) is 16.6 Å². The van der Waals surface area contributed by atoms with Crippen LogP contribution in [0.2, 0.25) is 0 Å². The van der Waals surface area contributed by atoms with Crippen molar-refractivity contribution in [3.63, 3.8) is 0 Å². The monoisotopic (exact) mass is 178 g/mol. The van der Waals surface area contributed by atoms with Crippen LogP contribution in [-0.4, -0.2) is 17.1 Å². The van der Waals surface area contributed by atoms with Crippen LogP contribution in [0.25, 0.3) is 0 Å². The van der Waals surface area contributed by atoms with E-state index in [9.17, 15) is 4.79 Å². The molecule has 0 fully saturated rings. The van der Waals surface area contributed by atoms with Gasteiger partial charge in [0.25, 0.3) is 0 Å². The van der Waals surface area contributed by atoms with Crippen molar-refractivity contribution in [3.05, 3.63) is 0 Å². The predicted molar refractivity (Wildman–Crippen MR) is 40.8 cm³/mol. The number of rotatable bonds is 5. The Balaban J connectivity index is 3.63. The summed E-state index contributed by atoms with van der Waals surface area (Å²) in [5.41, 5.74) is 10.6. The molecule has 12 heavy (non-hydrogen) atoms. The SMILES string of the molecule is CCCCC(N)(N)OOC(=O)O. The molecule has 0 aromatic rings. The van der Waals surface area contributed by atoms with E-state index in [1.165, 1.54) is 0 Å². The van der Waals surface area contributed by atoms with Crippen LogP contribution in [0.15, 0.2) is 0 Å². The van der Waals surface area contributed by atoms with E-state index in [-0.39, 0.29) is 0 Å². The molecule has 0 amide bonds. The van der Waals surface area contributed by atoms with Crippen LogP contribution < -0.4 is 11.5 Å². The Morgan fingerprint density at radius 3 is 2.58 bits per heavy atom. The van der Waals surface area contributed by atoms with E-state index in [1.807, 2.05) is 6.92 Å². The Morgan fingerprint density at radius 1 is 1.58 bits per heavy atom. The number of carbonyl (C=O) groups is 1. The van der Waals surface area contributed by atoms with Gasteiger partial charge in [0.1, 0.15) is 0 Å². The Kier molecular flexibility index (Phi) is 4.57. The minimum Gasteiger partial charge on any atom is -0.448 e. The van der Waals surface area contributed by atoms with Gasteiger partial charge in [-0.3, -0.25) is 16.4 Å². The summed E-state index contributed by atoms with van der Waals surface area (Å²) < 4.78 is 0. The zero-order valence-electron chi connectivity index (χ0n) is 6.95. The van der Waals surface area contributed by atoms with E-state index in [1.54, 1.807) is 0 Å². The molecule has 72 valence electrons. The topological polar surface area (TPSA) is 108 Å². The second-order valence-electron chi connectivity index (χ2n) is 2.49. The Morgan fingerprint density at radius 2 is 2.17 bits per heavy atom. The summed E-state index contributed by atoms with van der Waals surface area (Å²) in [6.45, 7) is 1.95. The Bertz CT molecular complexity index is 148. The van der Waals surface area contributed by atoms with Gasteiger partial charge in [-0.25, -0.2) is 4.79 Å². The maximum atomic E-state index is 9.86. The first-order chi connectivity index (χ1) is 5.48. The van der Waals surface area contributed by atoms with E-state index in [2.05, 4.69) is 9.78 Å². The van der Waals surface area contributed by atoms with Crippen molar-refractivity contribution in [3.8, 4) is 0 Å². The number of unbranched alkanes of at least 4 members (excludes halogenated alkanes) is 1. The molecule has 0 saturated carbocycles. The second kappa shape index (κ2) is 4.91. The molecule has 0 heterocycles. The lowest BCUT2D eigenvalue weighted by Gasteiger charge is -2.20. The summed E-state index contributed by atoms with van der Waals surface area (Å²) in [5, 5.41) is 8.04. The fourth-order valence-corrected chi connectivity index (χ4v) is 0.608. The third kappa shape index (κ3) is 5.90. The molecule has 0 atom stereocenters. The maximum Gasteiger partial charge on any atom is 0.538 e. The van der Waals surface area contributed by atoms with Crippen LogP contribution >= 0.6 is 0 Å². The summed E-state index contributed by atoms with van der Waals surface area (Å²) in [5.74, 6) is -1.52. The quantitative estimate of drug-likeness (QED) is 0.319. The van der Waals surface area contributed by atoms with Crippen molar-refractivity contribution in [1.29, 1.82) is 0 Å². The normalized spacial score (nSPS) is 11.2. The molecule has 5 N–H and O–H groups in total. The average molecular weight is 178 g/mol. The smallest absolute Gasteiger partial charge is 0.448 e. The van der Waals surface area contributed by atoms with Gasteiger partial charge in [-0.05, 0) is 6.42 Å². The van der Waals surface area contributed by atoms with Gasteiger partial charge in [-0.15, -0.1) is 4.89 Å². The Hall–Kier alpha value is -0.850. The molecule has 0 aromatic heterocycles. The predicted octanol–water partition coefficient (Wildman–Crippen LogP) is 0.374. The minimum atomic E-state index is -1.56. The lowest BCUT2D eigenvalue weighted by molar-refractivity contribution is -0.324. The zero-order valence-corrected chi connectivity index (χ0v) is 6.95. The molecular formula is C6H14N2O4. The van der Waals surface area contributed by atoms with Gasteiger partial charge >= 0.3 is 6.16 Å². The van der Waals surface area contributed by atoms with Crippen molar-refractivity contribution < 1.29 is 19.7 Å². The molecule has 0 bridgehead atoms. The molecule has 6 nitrogen and oxygen atoms in total. The minimum absolute atomic E-state index is 0.344. The van der Waals surface area contributed by atoms with Crippen LogP contribution in [-0.2, 0) is 9.78 Å². The van der Waals surface area contributed by atoms with Crippen molar-refractivity contribution in [2.24, 2.45) is 11.5 Å². The van der Waals surface area contributed by atoms with Crippen LogP contribution in [0.4, 0.5) is 4.79 Å². The zero-order chi connectivity index (χ0) is 9.61. The average Bonchev–Trinajstić information content (AvgIpc) is 1.98. The van der Waals surface area contributed by atoms with Crippen LogP contribution in [0.1, 0.15) is 26.2 Å². The van der Waals surface area contributed by atoms with Gasteiger partial charge < -0.3 is 5.11 Å². The molecule has 0 rings (SSSR count).